The largest absolute Gasteiger partial charge is 0.497 e. The van der Waals surface area contributed by atoms with Gasteiger partial charge in [-0.2, -0.15) is 5.10 Å². The minimum atomic E-state index is -0.363. The maximum atomic E-state index is 13.3. The van der Waals surface area contributed by atoms with Crippen molar-refractivity contribution in [2.45, 2.75) is 19.4 Å². The van der Waals surface area contributed by atoms with Crippen LogP contribution in [0.1, 0.15) is 40.0 Å². The Morgan fingerprint density at radius 3 is 2.60 bits per heavy atom. The highest BCUT2D eigenvalue weighted by molar-refractivity contribution is 6.08. The molecule has 5 rings (SSSR count). The Hall–Kier alpha value is -4.39. The average molecular weight is 469 g/mol. The van der Waals surface area contributed by atoms with Crippen molar-refractivity contribution in [2.24, 2.45) is 0 Å². The zero-order valence-electron chi connectivity index (χ0n) is 19.5. The Morgan fingerprint density at radius 1 is 1.11 bits per heavy atom. The number of aryl methyl sites for hydroxylation is 1. The van der Waals surface area contributed by atoms with Crippen LogP contribution < -0.4 is 15.4 Å². The Bertz CT molecular complexity index is 1390. The molecule has 3 aromatic carbocycles. The van der Waals surface area contributed by atoms with Crippen LogP contribution in [0.4, 0.5) is 15.9 Å². The first-order chi connectivity index (χ1) is 17.1. The molecule has 7 heteroatoms. The van der Waals surface area contributed by atoms with E-state index >= 15 is 0 Å². The fraction of sp³-hybridized carbons (Fsp3) is 0.143. The molecule has 6 nitrogen and oxygen atoms in total. The molecule has 4 aromatic rings. The number of halogens is 1. The summed E-state index contributed by atoms with van der Waals surface area (Å²) in [6.45, 7) is 2.12. The van der Waals surface area contributed by atoms with Crippen LogP contribution >= 0.6 is 0 Å². The molecule has 0 aliphatic carbocycles. The molecule has 35 heavy (non-hydrogen) atoms. The third kappa shape index (κ3) is 4.53. The van der Waals surface area contributed by atoms with E-state index in [1.54, 1.807) is 18.0 Å². The summed E-state index contributed by atoms with van der Waals surface area (Å²) in [5, 5.41) is 10.8. The number of anilines is 2. The summed E-state index contributed by atoms with van der Waals surface area (Å²) in [5.74, 6) is 0.621. The van der Waals surface area contributed by atoms with E-state index in [2.05, 4.69) is 53.0 Å². The van der Waals surface area contributed by atoms with Crippen molar-refractivity contribution in [1.82, 2.24) is 9.78 Å². The molecule has 0 saturated heterocycles. The SMILES string of the molecule is CCc1ccc(C2=C[C@@H](c3cccc(OC)c3)n3ncc(C(=O)Nc4ccc(F)cc4)c3N2)cc1. The lowest BCUT2D eigenvalue weighted by atomic mass is 10.00. The number of allylic oxidation sites excluding steroid dienone is 1. The van der Waals surface area contributed by atoms with E-state index in [4.69, 9.17) is 4.74 Å². The number of nitrogens with zero attached hydrogens (tertiary/aromatic N) is 2. The molecule has 0 fully saturated rings. The molecule has 0 radical (unpaired) electrons. The van der Waals surface area contributed by atoms with Gasteiger partial charge >= 0.3 is 0 Å². The molecule has 1 atom stereocenters. The number of carbonyl (C=O) groups is 1. The lowest BCUT2D eigenvalue weighted by Gasteiger charge is -2.26. The monoisotopic (exact) mass is 468 g/mol. The normalized spacial score (nSPS) is 14.5. The summed E-state index contributed by atoms with van der Waals surface area (Å²) in [7, 11) is 1.63. The number of hydrogen-bond donors (Lipinski definition) is 2. The molecule has 0 saturated carbocycles. The molecule has 2 heterocycles. The van der Waals surface area contributed by atoms with E-state index in [0.29, 0.717) is 17.1 Å². The van der Waals surface area contributed by atoms with Gasteiger partial charge in [-0.05, 0) is 65.6 Å². The zero-order chi connectivity index (χ0) is 24.4. The number of carbonyl (C=O) groups excluding carboxylic acids is 1. The molecule has 0 unspecified atom stereocenters. The van der Waals surface area contributed by atoms with Crippen molar-refractivity contribution in [3.8, 4) is 5.75 Å². The number of benzene rings is 3. The van der Waals surface area contributed by atoms with Crippen LogP contribution in [0.3, 0.4) is 0 Å². The Kier molecular flexibility index (Phi) is 6.06. The number of nitrogens with one attached hydrogen (secondary N) is 2. The first-order valence-corrected chi connectivity index (χ1v) is 11.4. The van der Waals surface area contributed by atoms with E-state index in [9.17, 15) is 9.18 Å². The standard InChI is InChI=1S/C28H25FN4O2/c1-3-18-7-9-19(10-8-18)25-16-26(20-5-4-6-23(15-20)35-2)33-27(32-25)24(17-30-33)28(34)31-22-13-11-21(29)12-14-22/h4-17,26,32H,3H2,1-2H3,(H,31,34)/t26-/m0/s1. The molecular formula is C28H25FN4O2. The van der Waals surface area contributed by atoms with Crippen molar-refractivity contribution in [3.05, 3.63) is 113 Å². The third-order valence-corrected chi connectivity index (χ3v) is 6.09. The fourth-order valence-electron chi connectivity index (χ4n) is 4.14. The summed E-state index contributed by atoms with van der Waals surface area (Å²) in [6.07, 6.45) is 4.60. The lowest BCUT2D eigenvalue weighted by molar-refractivity contribution is 0.102. The highest BCUT2D eigenvalue weighted by Gasteiger charge is 2.28. The van der Waals surface area contributed by atoms with Gasteiger partial charge in [-0.1, -0.05) is 43.3 Å². The fourth-order valence-corrected chi connectivity index (χ4v) is 4.14. The Morgan fingerprint density at radius 2 is 1.89 bits per heavy atom. The van der Waals surface area contributed by atoms with Gasteiger partial charge in [-0.25, -0.2) is 9.07 Å². The average Bonchev–Trinajstić information content (AvgIpc) is 3.34. The molecule has 1 aliphatic rings. The van der Waals surface area contributed by atoms with E-state index in [0.717, 1.165) is 29.0 Å². The van der Waals surface area contributed by atoms with Crippen molar-refractivity contribution in [1.29, 1.82) is 0 Å². The first kappa shape index (κ1) is 22.4. The molecule has 1 amide bonds. The molecule has 1 aliphatic heterocycles. The number of amides is 1. The van der Waals surface area contributed by atoms with Gasteiger partial charge < -0.3 is 15.4 Å². The first-order valence-electron chi connectivity index (χ1n) is 11.4. The number of fused-ring (bicyclic) bond motifs is 1. The van der Waals surface area contributed by atoms with Gasteiger partial charge in [0.2, 0.25) is 0 Å². The van der Waals surface area contributed by atoms with E-state index < -0.39 is 0 Å². The number of ether oxygens (including phenoxy) is 1. The van der Waals surface area contributed by atoms with E-state index in [1.807, 2.05) is 24.3 Å². The van der Waals surface area contributed by atoms with Gasteiger partial charge in [0, 0.05) is 11.4 Å². The number of methoxy groups -OCH3 is 1. The maximum Gasteiger partial charge on any atom is 0.261 e. The van der Waals surface area contributed by atoms with Crippen molar-refractivity contribution in [2.75, 3.05) is 17.7 Å². The predicted octanol–water partition coefficient (Wildman–Crippen LogP) is 5.90. The molecule has 2 N–H and O–H groups in total. The second-order valence-electron chi connectivity index (χ2n) is 8.29. The molecule has 176 valence electrons. The summed E-state index contributed by atoms with van der Waals surface area (Å²) >= 11 is 0. The third-order valence-electron chi connectivity index (χ3n) is 6.09. The van der Waals surface area contributed by atoms with Gasteiger partial charge in [0.1, 0.15) is 22.9 Å². The van der Waals surface area contributed by atoms with Gasteiger partial charge in [0.25, 0.3) is 5.91 Å². The minimum absolute atomic E-state index is 0.255. The lowest BCUT2D eigenvalue weighted by Crippen LogP contribution is -2.22. The van der Waals surface area contributed by atoms with Crippen LogP contribution in [0.25, 0.3) is 5.70 Å². The molecule has 0 bridgehead atoms. The van der Waals surface area contributed by atoms with Crippen LogP contribution in [-0.4, -0.2) is 22.8 Å². The topological polar surface area (TPSA) is 68.2 Å². The Labute approximate surface area is 203 Å². The summed E-state index contributed by atoms with van der Waals surface area (Å²) in [5.41, 5.74) is 5.00. The maximum absolute atomic E-state index is 13.3. The van der Waals surface area contributed by atoms with Crippen molar-refractivity contribution >= 4 is 23.1 Å². The van der Waals surface area contributed by atoms with Crippen LogP contribution in [-0.2, 0) is 6.42 Å². The Balaban J connectivity index is 1.55. The number of hydrogen-bond acceptors (Lipinski definition) is 4. The second kappa shape index (κ2) is 9.46. The van der Waals surface area contributed by atoms with Crippen LogP contribution in [0.2, 0.25) is 0 Å². The van der Waals surface area contributed by atoms with Crippen molar-refractivity contribution in [3.63, 3.8) is 0 Å². The summed E-state index contributed by atoms with van der Waals surface area (Å²) in [4.78, 5) is 13.2. The molecular weight excluding hydrogens is 443 g/mol. The highest BCUT2D eigenvalue weighted by Crippen LogP contribution is 2.36. The van der Waals surface area contributed by atoms with E-state index in [1.165, 1.54) is 29.8 Å². The van der Waals surface area contributed by atoms with Crippen molar-refractivity contribution < 1.29 is 13.9 Å². The van der Waals surface area contributed by atoms with Gasteiger partial charge in [0.15, 0.2) is 0 Å². The van der Waals surface area contributed by atoms with Gasteiger partial charge in [0.05, 0.1) is 19.3 Å². The second-order valence-corrected chi connectivity index (χ2v) is 8.29. The highest BCUT2D eigenvalue weighted by atomic mass is 19.1. The zero-order valence-corrected chi connectivity index (χ0v) is 19.5. The van der Waals surface area contributed by atoms with Gasteiger partial charge in [-0.3, -0.25) is 4.79 Å². The predicted molar refractivity (Wildman–Crippen MR) is 135 cm³/mol. The van der Waals surface area contributed by atoms with Crippen LogP contribution in [0.5, 0.6) is 5.75 Å². The quantitative estimate of drug-likeness (QED) is 0.370. The minimum Gasteiger partial charge on any atom is -0.497 e. The molecule has 0 spiro atoms. The number of aromatic nitrogens is 2. The summed E-state index contributed by atoms with van der Waals surface area (Å²) < 4.78 is 20.5. The molecule has 1 aromatic heterocycles. The smallest absolute Gasteiger partial charge is 0.261 e. The van der Waals surface area contributed by atoms with Crippen LogP contribution in [0.15, 0.2) is 85.1 Å². The summed E-state index contributed by atoms with van der Waals surface area (Å²) in [6, 6.07) is 21.6. The van der Waals surface area contributed by atoms with Gasteiger partial charge in [-0.15, -0.1) is 0 Å². The van der Waals surface area contributed by atoms with Crippen LogP contribution in [0, 0.1) is 5.82 Å². The number of rotatable bonds is 6. The van der Waals surface area contributed by atoms with E-state index in [-0.39, 0.29) is 17.8 Å².